The van der Waals surface area contributed by atoms with Crippen molar-refractivity contribution in [1.29, 1.82) is 0 Å². The Bertz CT molecular complexity index is 1110. The minimum absolute atomic E-state index is 0.0144. The number of benzene rings is 2. The fourth-order valence-electron chi connectivity index (χ4n) is 5.30. The van der Waals surface area contributed by atoms with E-state index in [-0.39, 0.29) is 16.7 Å². The summed E-state index contributed by atoms with van der Waals surface area (Å²) in [4.78, 5) is 28.2. The second kappa shape index (κ2) is 14.3. The summed E-state index contributed by atoms with van der Waals surface area (Å²) >= 11 is 0. The van der Waals surface area contributed by atoms with E-state index >= 15 is 0 Å². The first-order valence-corrected chi connectivity index (χ1v) is 14.7. The summed E-state index contributed by atoms with van der Waals surface area (Å²) in [6.45, 7) is 9.20. The Morgan fingerprint density at radius 3 is 1.87 bits per heavy atom. The van der Waals surface area contributed by atoms with Gasteiger partial charge in [-0.05, 0) is 47.2 Å². The lowest BCUT2D eigenvalue weighted by Crippen LogP contribution is -2.30. The average Bonchev–Trinajstić information content (AvgIpc) is 3.18. The third kappa shape index (κ3) is 7.97. The molecule has 0 radical (unpaired) electrons. The van der Waals surface area contributed by atoms with Crippen molar-refractivity contribution in [3.05, 3.63) is 70.8 Å². The first kappa shape index (κ1) is 30.5. The van der Waals surface area contributed by atoms with Crippen LogP contribution in [0.4, 0.5) is 0 Å². The van der Waals surface area contributed by atoms with Gasteiger partial charge in [0.15, 0.2) is 0 Å². The molecule has 5 heteroatoms. The van der Waals surface area contributed by atoms with Gasteiger partial charge in [0.25, 0.3) is 11.7 Å². The highest BCUT2D eigenvalue weighted by Gasteiger charge is 2.45. The number of ketones is 1. The highest BCUT2D eigenvalue weighted by molar-refractivity contribution is 6.46. The molecule has 1 aliphatic rings. The predicted molar refractivity (Wildman–Crippen MR) is 159 cm³/mol. The molecule has 39 heavy (non-hydrogen) atoms. The summed E-state index contributed by atoms with van der Waals surface area (Å²) in [6, 6.07) is 14.4. The van der Waals surface area contributed by atoms with Gasteiger partial charge in [0.2, 0.25) is 0 Å². The number of methoxy groups -OCH3 is 1. The Kier molecular flexibility index (Phi) is 11.2. The minimum atomic E-state index is -0.625. The van der Waals surface area contributed by atoms with Crippen LogP contribution < -0.4 is 4.74 Å². The SMILES string of the molecule is CCCCCCCCCCCCN1C(=O)C(=O)/C(=C(\O)c2ccc(OC)cc2)C1c1ccc(C(C)(C)C)cc1. The lowest BCUT2D eigenvalue weighted by molar-refractivity contribution is -0.139. The van der Waals surface area contributed by atoms with E-state index in [2.05, 4.69) is 39.8 Å². The normalized spacial score (nSPS) is 17.2. The van der Waals surface area contributed by atoms with Crippen LogP contribution in [0.3, 0.4) is 0 Å². The molecule has 0 saturated carbocycles. The number of hydrogen-bond donors (Lipinski definition) is 1. The van der Waals surface area contributed by atoms with Crippen LogP contribution in [0, 0.1) is 0 Å². The van der Waals surface area contributed by atoms with Crippen molar-refractivity contribution < 1.29 is 19.4 Å². The topological polar surface area (TPSA) is 66.8 Å². The standard InChI is InChI=1S/C34H47NO4/c1-6-7-8-9-10-11-12-13-14-15-24-35-30(25-16-20-27(21-17-25)34(2,3)4)29(32(37)33(35)38)31(36)26-18-22-28(39-5)23-19-26/h16-23,30,36H,6-15,24H2,1-5H3/b31-29-. The number of Topliss-reactive ketones (excluding diaryl/α,β-unsaturated/α-hetero) is 1. The van der Waals surface area contributed by atoms with Crippen molar-refractivity contribution in [2.24, 2.45) is 0 Å². The van der Waals surface area contributed by atoms with Crippen molar-refractivity contribution in [3.63, 3.8) is 0 Å². The van der Waals surface area contributed by atoms with E-state index in [1.54, 1.807) is 36.3 Å². The number of amides is 1. The van der Waals surface area contributed by atoms with Crippen molar-refractivity contribution in [2.45, 2.75) is 103 Å². The molecule has 1 atom stereocenters. The fourth-order valence-corrected chi connectivity index (χ4v) is 5.30. The zero-order valence-electron chi connectivity index (χ0n) is 24.6. The maximum atomic E-state index is 13.3. The first-order valence-electron chi connectivity index (χ1n) is 14.7. The van der Waals surface area contributed by atoms with E-state index in [0.717, 1.165) is 24.8 Å². The molecule has 212 valence electrons. The van der Waals surface area contributed by atoms with Crippen molar-refractivity contribution in [1.82, 2.24) is 4.90 Å². The molecule has 1 N–H and O–H groups in total. The molecule has 1 aliphatic heterocycles. The van der Waals surface area contributed by atoms with Crippen molar-refractivity contribution in [3.8, 4) is 5.75 Å². The Morgan fingerprint density at radius 1 is 0.821 bits per heavy atom. The molecule has 1 saturated heterocycles. The van der Waals surface area contributed by atoms with Crippen LogP contribution in [-0.2, 0) is 15.0 Å². The highest BCUT2D eigenvalue weighted by atomic mass is 16.5. The number of aliphatic hydroxyl groups is 1. The summed E-state index contributed by atoms with van der Waals surface area (Å²) < 4.78 is 5.23. The van der Waals surface area contributed by atoms with Gasteiger partial charge in [0.05, 0.1) is 18.7 Å². The van der Waals surface area contributed by atoms with Crippen LogP contribution in [0.1, 0.15) is 115 Å². The first-order chi connectivity index (χ1) is 18.7. The number of aliphatic hydroxyl groups excluding tert-OH is 1. The third-order valence-corrected chi connectivity index (χ3v) is 7.75. The summed E-state index contributed by atoms with van der Waals surface area (Å²) in [5.74, 6) is -0.653. The molecule has 2 aromatic rings. The molecule has 1 fully saturated rings. The molecule has 2 aromatic carbocycles. The Morgan fingerprint density at radius 2 is 1.36 bits per heavy atom. The zero-order chi connectivity index (χ0) is 28.4. The smallest absolute Gasteiger partial charge is 0.295 e. The number of unbranched alkanes of at least 4 members (excludes halogenated alkanes) is 9. The Hall–Kier alpha value is -3.08. The third-order valence-electron chi connectivity index (χ3n) is 7.75. The molecule has 0 aromatic heterocycles. The van der Waals surface area contributed by atoms with Gasteiger partial charge in [-0.1, -0.05) is 110 Å². The van der Waals surface area contributed by atoms with Crippen LogP contribution in [0.5, 0.6) is 5.75 Å². The molecule has 5 nitrogen and oxygen atoms in total. The number of carbonyl (C=O) groups excluding carboxylic acids is 2. The number of hydrogen-bond acceptors (Lipinski definition) is 4. The van der Waals surface area contributed by atoms with Gasteiger partial charge in [0, 0.05) is 12.1 Å². The van der Waals surface area contributed by atoms with Gasteiger partial charge < -0.3 is 14.7 Å². The summed E-state index contributed by atoms with van der Waals surface area (Å²) in [5, 5.41) is 11.3. The Balaban J connectivity index is 1.79. The van der Waals surface area contributed by atoms with Crippen LogP contribution >= 0.6 is 0 Å². The molecular weight excluding hydrogens is 486 g/mol. The largest absolute Gasteiger partial charge is 0.507 e. The molecule has 0 aliphatic carbocycles. The van der Waals surface area contributed by atoms with Crippen LogP contribution in [0.15, 0.2) is 54.1 Å². The summed E-state index contributed by atoms with van der Waals surface area (Å²) in [5.41, 5.74) is 2.64. The van der Waals surface area contributed by atoms with Crippen molar-refractivity contribution >= 4 is 17.4 Å². The van der Waals surface area contributed by atoms with E-state index in [9.17, 15) is 14.7 Å². The number of ether oxygens (including phenoxy) is 1. The number of nitrogens with zero attached hydrogens (tertiary/aromatic N) is 1. The highest BCUT2D eigenvalue weighted by Crippen LogP contribution is 2.40. The molecule has 1 amide bonds. The maximum absolute atomic E-state index is 13.3. The maximum Gasteiger partial charge on any atom is 0.295 e. The number of likely N-dealkylation sites (tertiary alicyclic amines) is 1. The van der Waals surface area contributed by atoms with Gasteiger partial charge in [0.1, 0.15) is 11.5 Å². The van der Waals surface area contributed by atoms with E-state index < -0.39 is 17.7 Å². The van der Waals surface area contributed by atoms with Crippen molar-refractivity contribution in [2.75, 3.05) is 13.7 Å². The number of rotatable bonds is 14. The molecule has 1 unspecified atom stereocenters. The van der Waals surface area contributed by atoms with E-state index in [1.165, 1.54) is 50.5 Å². The number of carbonyl (C=O) groups is 2. The Labute approximate surface area is 235 Å². The van der Waals surface area contributed by atoms with Gasteiger partial charge in [-0.25, -0.2) is 0 Å². The molecule has 0 spiro atoms. The van der Waals surface area contributed by atoms with E-state index in [0.29, 0.717) is 17.9 Å². The monoisotopic (exact) mass is 533 g/mol. The second-order valence-corrected chi connectivity index (χ2v) is 11.8. The lowest BCUT2D eigenvalue weighted by Gasteiger charge is -2.26. The minimum Gasteiger partial charge on any atom is -0.507 e. The van der Waals surface area contributed by atoms with Gasteiger partial charge in [-0.3, -0.25) is 9.59 Å². The second-order valence-electron chi connectivity index (χ2n) is 11.8. The lowest BCUT2D eigenvalue weighted by atomic mass is 9.85. The van der Waals surface area contributed by atoms with Crippen LogP contribution in [0.2, 0.25) is 0 Å². The molecule has 1 heterocycles. The predicted octanol–water partition coefficient (Wildman–Crippen LogP) is 8.34. The van der Waals surface area contributed by atoms with Crippen LogP contribution in [0.25, 0.3) is 5.76 Å². The summed E-state index contributed by atoms with van der Waals surface area (Å²) in [7, 11) is 1.58. The molecule has 3 rings (SSSR count). The van der Waals surface area contributed by atoms with E-state index in [1.807, 2.05) is 12.1 Å². The van der Waals surface area contributed by atoms with Gasteiger partial charge in [-0.15, -0.1) is 0 Å². The average molecular weight is 534 g/mol. The fraction of sp³-hybridized carbons (Fsp3) is 0.529. The quantitative estimate of drug-likeness (QED) is 0.115. The van der Waals surface area contributed by atoms with Crippen LogP contribution in [-0.4, -0.2) is 35.4 Å². The van der Waals surface area contributed by atoms with Gasteiger partial charge in [-0.2, -0.15) is 0 Å². The molecular formula is C34H47NO4. The van der Waals surface area contributed by atoms with Gasteiger partial charge >= 0.3 is 0 Å². The van der Waals surface area contributed by atoms with E-state index in [4.69, 9.17) is 4.74 Å². The zero-order valence-corrected chi connectivity index (χ0v) is 24.6. The summed E-state index contributed by atoms with van der Waals surface area (Å²) in [6.07, 6.45) is 12.0. The molecule has 0 bridgehead atoms.